The summed E-state index contributed by atoms with van der Waals surface area (Å²) >= 11 is 0. The molecule has 0 spiro atoms. The van der Waals surface area contributed by atoms with Crippen LogP contribution in [-0.2, 0) is 7.05 Å². The quantitative estimate of drug-likeness (QED) is 0.775. The van der Waals surface area contributed by atoms with Crippen LogP contribution in [0.1, 0.15) is 21.9 Å². The van der Waals surface area contributed by atoms with E-state index in [2.05, 4.69) is 15.6 Å². The number of amides is 1. The van der Waals surface area contributed by atoms with Crippen LogP contribution >= 0.6 is 0 Å². The minimum Gasteiger partial charge on any atom is -0.508 e. The zero-order valence-corrected chi connectivity index (χ0v) is 13.0. The van der Waals surface area contributed by atoms with Crippen LogP contribution in [0.3, 0.4) is 0 Å². The van der Waals surface area contributed by atoms with E-state index in [4.69, 9.17) is 4.52 Å². The van der Waals surface area contributed by atoms with Gasteiger partial charge in [-0.05, 0) is 44.2 Å². The summed E-state index contributed by atoms with van der Waals surface area (Å²) in [6, 6.07) is 8.34. The van der Waals surface area contributed by atoms with Crippen LogP contribution in [0.15, 0.2) is 34.9 Å². The molecule has 0 aliphatic carbocycles. The molecule has 7 nitrogen and oxygen atoms in total. The number of nitrogens with zero attached hydrogens (tertiary/aromatic N) is 3. The van der Waals surface area contributed by atoms with E-state index in [1.54, 1.807) is 51.2 Å². The second-order valence-electron chi connectivity index (χ2n) is 5.24. The number of hydrogen-bond acceptors (Lipinski definition) is 5. The Morgan fingerprint density at radius 3 is 2.57 bits per heavy atom. The summed E-state index contributed by atoms with van der Waals surface area (Å²) in [5, 5.41) is 20.3. The molecule has 0 saturated heterocycles. The van der Waals surface area contributed by atoms with Crippen LogP contribution in [0.25, 0.3) is 11.3 Å². The summed E-state index contributed by atoms with van der Waals surface area (Å²) < 4.78 is 6.55. The Balaban J connectivity index is 1.89. The molecule has 7 heteroatoms. The zero-order valence-electron chi connectivity index (χ0n) is 13.0. The van der Waals surface area contributed by atoms with Crippen molar-refractivity contribution in [2.45, 2.75) is 13.8 Å². The van der Waals surface area contributed by atoms with Crippen molar-refractivity contribution in [1.82, 2.24) is 14.9 Å². The van der Waals surface area contributed by atoms with Gasteiger partial charge in [-0.2, -0.15) is 5.10 Å². The number of aromatic hydroxyl groups is 1. The normalized spacial score (nSPS) is 10.7. The van der Waals surface area contributed by atoms with Crippen LogP contribution in [0.4, 0.5) is 5.69 Å². The van der Waals surface area contributed by atoms with Gasteiger partial charge in [0.05, 0.1) is 5.69 Å². The average molecular weight is 312 g/mol. The summed E-state index contributed by atoms with van der Waals surface area (Å²) in [5.74, 6) is 0.442. The Hall–Kier alpha value is -3.09. The molecule has 0 atom stereocenters. The van der Waals surface area contributed by atoms with E-state index in [0.29, 0.717) is 28.5 Å². The Morgan fingerprint density at radius 1 is 1.26 bits per heavy atom. The molecular formula is C16H16N4O3. The summed E-state index contributed by atoms with van der Waals surface area (Å²) in [6.45, 7) is 3.50. The van der Waals surface area contributed by atoms with Gasteiger partial charge in [0.1, 0.15) is 22.8 Å². The van der Waals surface area contributed by atoms with E-state index in [0.717, 1.165) is 5.56 Å². The van der Waals surface area contributed by atoms with E-state index in [-0.39, 0.29) is 11.7 Å². The number of phenols is 1. The van der Waals surface area contributed by atoms with Gasteiger partial charge in [0.2, 0.25) is 0 Å². The van der Waals surface area contributed by atoms with Crippen molar-refractivity contribution in [3.05, 3.63) is 47.5 Å². The zero-order chi connectivity index (χ0) is 16.6. The van der Waals surface area contributed by atoms with Crippen LogP contribution in [-0.4, -0.2) is 26.0 Å². The molecule has 3 aromatic rings. The van der Waals surface area contributed by atoms with Crippen molar-refractivity contribution >= 4 is 11.6 Å². The highest BCUT2D eigenvalue weighted by Crippen LogP contribution is 2.23. The standard InChI is InChI=1S/C16H16N4O3/c1-9-15(10(2)23-19-9)17-16(22)14-8-13(18-20(14)3)11-4-6-12(21)7-5-11/h4-8,21H,1-3H3,(H,17,22). The van der Waals surface area contributed by atoms with Gasteiger partial charge in [-0.15, -0.1) is 0 Å². The van der Waals surface area contributed by atoms with Gasteiger partial charge in [0.15, 0.2) is 5.76 Å². The first kappa shape index (κ1) is 14.8. The first-order valence-electron chi connectivity index (χ1n) is 7.03. The molecule has 0 aliphatic rings. The summed E-state index contributed by atoms with van der Waals surface area (Å²) in [7, 11) is 1.70. The molecule has 1 amide bonds. The van der Waals surface area contributed by atoms with Crippen molar-refractivity contribution in [3.8, 4) is 17.0 Å². The van der Waals surface area contributed by atoms with Gasteiger partial charge in [-0.3, -0.25) is 9.48 Å². The minimum atomic E-state index is -0.292. The van der Waals surface area contributed by atoms with E-state index in [1.807, 2.05) is 0 Å². The maximum atomic E-state index is 12.5. The summed E-state index contributed by atoms with van der Waals surface area (Å²) in [4.78, 5) is 12.5. The van der Waals surface area contributed by atoms with E-state index in [1.165, 1.54) is 4.68 Å². The monoisotopic (exact) mass is 312 g/mol. The molecular weight excluding hydrogens is 296 g/mol. The second kappa shape index (κ2) is 5.60. The van der Waals surface area contributed by atoms with Crippen LogP contribution in [0.5, 0.6) is 5.75 Å². The number of hydrogen-bond donors (Lipinski definition) is 2. The SMILES string of the molecule is Cc1noc(C)c1NC(=O)c1cc(-c2ccc(O)cc2)nn1C. The Bertz CT molecular complexity index is 843. The summed E-state index contributed by atoms with van der Waals surface area (Å²) in [6.07, 6.45) is 0. The molecule has 23 heavy (non-hydrogen) atoms. The lowest BCUT2D eigenvalue weighted by Gasteiger charge is -2.03. The molecule has 0 fully saturated rings. The van der Waals surface area contributed by atoms with Crippen molar-refractivity contribution in [1.29, 1.82) is 0 Å². The molecule has 1 aromatic carbocycles. The summed E-state index contributed by atoms with van der Waals surface area (Å²) in [5.41, 5.74) is 3.07. The molecule has 2 heterocycles. The van der Waals surface area contributed by atoms with Crippen LogP contribution < -0.4 is 5.32 Å². The van der Waals surface area contributed by atoms with Crippen LogP contribution in [0.2, 0.25) is 0 Å². The topological polar surface area (TPSA) is 93.2 Å². The molecule has 0 saturated carbocycles. The lowest BCUT2D eigenvalue weighted by atomic mass is 10.1. The average Bonchev–Trinajstić information content (AvgIpc) is 3.05. The predicted octanol–water partition coefficient (Wildman–Crippen LogP) is 2.65. The number of carbonyl (C=O) groups is 1. The van der Waals surface area contributed by atoms with Gasteiger partial charge in [-0.1, -0.05) is 5.16 Å². The number of aryl methyl sites for hydroxylation is 3. The lowest BCUT2D eigenvalue weighted by molar-refractivity contribution is 0.101. The molecule has 2 N–H and O–H groups in total. The Morgan fingerprint density at radius 2 is 1.96 bits per heavy atom. The largest absolute Gasteiger partial charge is 0.508 e. The third-order valence-corrected chi connectivity index (χ3v) is 3.55. The molecule has 0 bridgehead atoms. The maximum absolute atomic E-state index is 12.5. The fourth-order valence-corrected chi connectivity index (χ4v) is 2.29. The highest BCUT2D eigenvalue weighted by Gasteiger charge is 2.18. The number of benzene rings is 1. The highest BCUT2D eigenvalue weighted by atomic mass is 16.5. The molecule has 118 valence electrons. The third-order valence-electron chi connectivity index (χ3n) is 3.55. The number of anilines is 1. The first-order valence-corrected chi connectivity index (χ1v) is 7.03. The van der Waals surface area contributed by atoms with E-state index < -0.39 is 0 Å². The number of carbonyl (C=O) groups excluding carboxylic acids is 1. The molecule has 3 rings (SSSR count). The Kier molecular flexibility index (Phi) is 3.61. The van der Waals surface area contributed by atoms with Crippen molar-refractivity contribution in [3.63, 3.8) is 0 Å². The lowest BCUT2D eigenvalue weighted by Crippen LogP contribution is -2.16. The number of aromatic nitrogens is 3. The van der Waals surface area contributed by atoms with Crippen molar-refractivity contribution in [2.75, 3.05) is 5.32 Å². The second-order valence-corrected chi connectivity index (χ2v) is 5.24. The highest BCUT2D eigenvalue weighted by molar-refractivity contribution is 6.04. The molecule has 0 unspecified atom stereocenters. The third kappa shape index (κ3) is 2.80. The van der Waals surface area contributed by atoms with E-state index in [9.17, 15) is 9.90 Å². The smallest absolute Gasteiger partial charge is 0.274 e. The number of nitrogens with one attached hydrogen (secondary N) is 1. The predicted molar refractivity (Wildman–Crippen MR) is 84.2 cm³/mol. The fourth-order valence-electron chi connectivity index (χ4n) is 2.29. The number of phenolic OH excluding ortho intramolecular Hbond substituents is 1. The van der Waals surface area contributed by atoms with Gasteiger partial charge in [0.25, 0.3) is 5.91 Å². The van der Waals surface area contributed by atoms with Gasteiger partial charge < -0.3 is 14.9 Å². The van der Waals surface area contributed by atoms with Crippen molar-refractivity contribution in [2.24, 2.45) is 7.05 Å². The number of rotatable bonds is 3. The van der Waals surface area contributed by atoms with Gasteiger partial charge in [-0.25, -0.2) is 0 Å². The van der Waals surface area contributed by atoms with Crippen molar-refractivity contribution < 1.29 is 14.4 Å². The molecule has 0 aliphatic heterocycles. The van der Waals surface area contributed by atoms with E-state index >= 15 is 0 Å². The van der Waals surface area contributed by atoms with Crippen LogP contribution in [0, 0.1) is 13.8 Å². The maximum Gasteiger partial charge on any atom is 0.274 e. The van der Waals surface area contributed by atoms with Gasteiger partial charge in [0, 0.05) is 12.6 Å². The van der Waals surface area contributed by atoms with Gasteiger partial charge >= 0.3 is 0 Å². The molecule has 0 radical (unpaired) electrons. The fraction of sp³-hybridized carbons (Fsp3) is 0.188. The first-order chi connectivity index (χ1) is 11.0. The Labute approximate surface area is 132 Å². The molecule has 2 aromatic heterocycles. The minimum absolute atomic E-state index is 0.182.